The molecule has 1 aliphatic rings. The van der Waals surface area contributed by atoms with E-state index in [4.69, 9.17) is 10.1 Å². The van der Waals surface area contributed by atoms with Gasteiger partial charge in [0.15, 0.2) is 12.4 Å². The van der Waals surface area contributed by atoms with E-state index in [1.165, 1.54) is 0 Å². The van der Waals surface area contributed by atoms with E-state index in [-0.39, 0.29) is 12.4 Å². The van der Waals surface area contributed by atoms with Crippen LogP contribution in [0.4, 0.5) is 11.4 Å². The Balaban J connectivity index is 2.07. The zero-order valence-corrected chi connectivity index (χ0v) is 10.3. The van der Waals surface area contributed by atoms with Gasteiger partial charge in [-0.25, -0.2) is 0 Å². The zero-order chi connectivity index (χ0) is 13.1. The number of benzene rings is 2. The van der Waals surface area contributed by atoms with Crippen LogP contribution in [0.15, 0.2) is 65.7 Å². The Morgan fingerprint density at radius 3 is 1.84 bits per heavy atom. The predicted molar refractivity (Wildman–Crippen MR) is 76.1 cm³/mol. The largest absolute Gasteiger partial charge is 0.456 e. The van der Waals surface area contributed by atoms with E-state index in [1.807, 2.05) is 65.6 Å². The van der Waals surface area contributed by atoms with Gasteiger partial charge in [-0.2, -0.15) is 4.99 Å². The number of nitrogens with one attached hydrogen (secondary N) is 1. The molecule has 0 unspecified atom stereocenters. The fraction of sp³-hybridized carbons (Fsp3) is 0.0667. The van der Waals surface area contributed by atoms with Crippen LogP contribution in [0.3, 0.4) is 0 Å². The molecular weight excluding hydrogens is 238 g/mol. The normalized spacial score (nSPS) is 13.9. The highest BCUT2D eigenvalue weighted by atomic mass is 16.5. The lowest BCUT2D eigenvalue weighted by atomic mass is 10.2. The second kappa shape index (κ2) is 4.94. The number of nitrogens with zero attached hydrogens (tertiary/aromatic N) is 2. The molecule has 0 atom stereocenters. The molecule has 0 amide bonds. The van der Waals surface area contributed by atoms with E-state index in [2.05, 4.69) is 4.99 Å². The van der Waals surface area contributed by atoms with Gasteiger partial charge < -0.3 is 4.74 Å². The lowest BCUT2D eigenvalue weighted by Crippen LogP contribution is -2.25. The van der Waals surface area contributed by atoms with E-state index >= 15 is 0 Å². The maximum absolute atomic E-state index is 7.56. The molecule has 94 valence electrons. The van der Waals surface area contributed by atoms with Crippen LogP contribution >= 0.6 is 0 Å². The quantitative estimate of drug-likeness (QED) is 0.891. The minimum Gasteiger partial charge on any atom is -0.456 e. The van der Waals surface area contributed by atoms with Gasteiger partial charge in [0.05, 0.1) is 11.4 Å². The van der Waals surface area contributed by atoms with Crippen molar-refractivity contribution in [1.29, 1.82) is 5.41 Å². The smallest absolute Gasteiger partial charge is 0.303 e. The summed E-state index contributed by atoms with van der Waals surface area (Å²) in [7, 11) is 0. The molecule has 0 aromatic heterocycles. The van der Waals surface area contributed by atoms with Crippen LogP contribution in [0.25, 0.3) is 0 Å². The van der Waals surface area contributed by atoms with Crippen molar-refractivity contribution in [3.8, 4) is 0 Å². The third-order valence-corrected chi connectivity index (χ3v) is 2.79. The SMILES string of the molecule is N=C1COC(N(c2ccccc2)c2ccccc2)=N1. The average molecular weight is 251 g/mol. The van der Waals surface area contributed by atoms with Gasteiger partial charge in [0.25, 0.3) is 0 Å². The van der Waals surface area contributed by atoms with Gasteiger partial charge >= 0.3 is 6.02 Å². The average Bonchev–Trinajstić information content (AvgIpc) is 2.88. The number of para-hydroxylation sites is 2. The molecule has 2 aromatic carbocycles. The maximum Gasteiger partial charge on any atom is 0.303 e. The number of aliphatic imine (C=N–C) groups is 1. The summed E-state index contributed by atoms with van der Waals surface area (Å²) in [5.41, 5.74) is 1.92. The Morgan fingerprint density at radius 1 is 0.895 bits per heavy atom. The first-order chi connectivity index (χ1) is 9.34. The molecule has 19 heavy (non-hydrogen) atoms. The molecule has 0 aliphatic carbocycles. The highest BCUT2D eigenvalue weighted by Crippen LogP contribution is 2.26. The predicted octanol–water partition coefficient (Wildman–Crippen LogP) is 3.19. The van der Waals surface area contributed by atoms with E-state index in [1.54, 1.807) is 0 Å². The van der Waals surface area contributed by atoms with Gasteiger partial charge in [-0.15, -0.1) is 0 Å². The Bertz CT molecular complexity index is 568. The zero-order valence-electron chi connectivity index (χ0n) is 10.3. The fourth-order valence-corrected chi connectivity index (χ4v) is 1.95. The van der Waals surface area contributed by atoms with Crippen LogP contribution in [0.1, 0.15) is 0 Å². The van der Waals surface area contributed by atoms with Gasteiger partial charge in [-0.1, -0.05) is 36.4 Å². The Morgan fingerprint density at radius 2 is 1.42 bits per heavy atom. The monoisotopic (exact) mass is 251 g/mol. The summed E-state index contributed by atoms with van der Waals surface area (Å²) >= 11 is 0. The van der Waals surface area contributed by atoms with Crippen molar-refractivity contribution in [3.63, 3.8) is 0 Å². The molecule has 4 nitrogen and oxygen atoms in total. The first-order valence-electron chi connectivity index (χ1n) is 6.04. The summed E-state index contributed by atoms with van der Waals surface area (Å²) in [6.07, 6.45) is 0. The van der Waals surface area contributed by atoms with Crippen molar-refractivity contribution in [2.45, 2.75) is 0 Å². The molecular formula is C15H13N3O. The summed E-state index contributed by atoms with van der Waals surface area (Å²) in [5.74, 6) is 0.242. The minimum absolute atomic E-state index is 0.228. The maximum atomic E-state index is 7.56. The van der Waals surface area contributed by atoms with Crippen molar-refractivity contribution in [2.24, 2.45) is 4.99 Å². The number of amidine groups is 2. The molecule has 2 aromatic rings. The lowest BCUT2D eigenvalue weighted by Gasteiger charge is -2.23. The molecule has 0 bridgehead atoms. The van der Waals surface area contributed by atoms with Crippen molar-refractivity contribution in [1.82, 2.24) is 0 Å². The standard InChI is InChI=1S/C15H13N3O/c16-14-11-19-15(17-14)18(12-7-3-1-4-8-12)13-9-5-2-6-10-13/h1-10,16H,11H2. The van der Waals surface area contributed by atoms with Crippen LogP contribution in [-0.4, -0.2) is 18.5 Å². The Kier molecular flexibility index (Phi) is 2.98. The van der Waals surface area contributed by atoms with Gasteiger partial charge in [0, 0.05) is 0 Å². The summed E-state index contributed by atoms with van der Waals surface area (Å²) < 4.78 is 5.49. The molecule has 0 spiro atoms. The summed E-state index contributed by atoms with van der Waals surface area (Å²) in [4.78, 5) is 6.05. The third-order valence-electron chi connectivity index (χ3n) is 2.79. The number of ether oxygens (including phenoxy) is 1. The summed E-state index contributed by atoms with van der Waals surface area (Å²) in [6.45, 7) is 0.228. The number of rotatable bonds is 2. The van der Waals surface area contributed by atoms with Crippen LogP contribution in [0, 0.1) is 5.41 Å². The fourth-order valence-electron chi connectivity index (χ4n) is 1.95. The van der Waals surface area contributed by atoms with Crippen molar-refractivity contribution in [3.05, 3.63) is 60.7 Å². The van der Waals surface area contributed by atoms with Crippen LogP contribution in [0.5, 0.6) is 0 Å². The van der Waals surface area contributed by atoms with Gasteiger partial charge in [-0.3, -0.25) is 10.3 Å². The molecule has 1 N–H and O–H groups in total. The highest BCUT2D eigenvalue weighted by Gasteiger charge is 2.22. The van der Waals surface area contributed by atoms with E-state index < -0.39 is 0 Å². The molecule has 1 heterocycles. The van der Waals surface area contributed by atoms with E-state index in [0.29, 0.717) is 6.02 Å². The highest BCUT2D eigenvalue weighted by molar-refractivity contribution is 6.08. The molecule has 1 aliphatic heterocycles. The number of hydrogen-bond donors (Lipinski definition) is 1. The third kappa shape index (κ3) is 2.33. The first kappa shape index (κ1) is 11.5. The molecule has 4 heteroatoms. The van der Waals surface area contributed by atoms with Crippen molar-refractivity contribution >= 4 is 23.2 Å². The van der Waals surface area contributed by atoms with Gasteiger partial charge in [0.1, 0.15) is 0 Å². The van der Waals surface area contributed by atoms with Crippen molar-refractivity contribution in [2.75, 3.05) is 11.5 Å². The topological polar surface area (TPSA) is 48.7 Å². The molecule has 0 radical (unpaired) electrons. The van der Waals surface area contributed by atoms with Crippen molar-refractivity contribution < 1.29 is 4.74 Å². The second-order valence-corrected chi connectivity index (χ2v) is 4.14. The van der Waals surface area contributed by atoms with E-state index in [0.717, 1.165) is 11.4 Å². The Labute approximate surface area is 111 Å². The molecule has 3 rings (SSSR count). The van der Waals surface area contributed by atoms with Gasteiger partial charge in [0.2, 0.25) is 0 Å². The summed E-state index contributed by atoms with van der Waals surface area (Å²) in [5, 5.41) is 7.56. The van der Waals surface area contributed by atoms with Crippen LogP contribution < -0.4 is 4.90 Å². The minimum atomic E-state index is 0.228. The number of hydrogen-bond acceptors (Lipinski definition) is 3. The van der Waals surface area contributed by atoms with Crippen LogP contribution in [0.2, 0.25) is 0 Å². The molecule has 0 saturated carbocycles. The number of anilines is 2. The molecule has 0 saturated heterocycles. The summed E-state index contributed by atoms with van der Waals surface area (Å²) in [6, 6.07) is 20.2. The molecule has 0 fully saturated rings. The van der Waals surface area contributed by atoms with Gasteiger partial charge in [-0.05, 0) is 24.3 Å². The lowest BCUT2D eigenvalue weighted by molar-refractivity contribution is 0.372. The second-order valence-electron chi connectivity index (χ2n) is 4.14. The van der Waals surface area contributed by atoms with Crippen LogP contribution in [-0.2, 0) is 4.74 Å². The first-order valence-corrected chi connectivity index (χ1v) is 6.04. The van der Waals surface area contributed by atoms with E-state index in [9.17, 15) is 0 Å². The Hall–Kier alpha value is -2.62.